The van der Waals surface area contributed by atoms with Crippen molar-refractivity contribution in [1.82, 2.24) is 10.2 Å². The van der Waals surface area contributed by atoms with Gasteiger partial charge in [-0.15, -0.1) is 0 Å². The van der Waals surface area contributed by atoms with Gasteiger partial charge < -0.3 is 10.1 Å². The van der Waals surface area contributed by atoms with Crippen molar-refractivity contribution >= 4 is 0 Å². The van der Waals surface area contributed by atoms with Gasteiger partial charge >= 0.3 is 0 Å². The van der Waals surface area contributed by atoms with Gasteiger partial charge in [0, 0.05) is 37.8 Å². The van der Waals surface area contributed by atoms with E-state index in [1.54, 1.807) is 7.11 Å². The van der Waals surface area contributed by atoms with Gasteiger partial charge in [0.25, 0.3) is 0 Å². The van der Waals surface area contributed by atoms with Crippen LogP contribution < -0.4 is 5.32 Å². The Morgan fingerprint density at radius 2 is 2.00 bits per heavy atom. The molecule has 0 aliphatic carbocycles. The summed E-state index contributed by atoms with van der Waals surface area (Å²) in [6, 6.07) is 11.7. The fourth-order valence-electron chi connectivity index (χ4n) is 3.25. The van der Waals surface area contributed by atoms with Crippen LogP contribution in [0.1, 0.15) is 38.8 Å². The summed E-state index contributed by atoms with van der Waals surface area (Å²) in [6.07, 6.45) is 1.17. The summed E-state index contributed by atoms with van der Waals surface area (Å²) < 4.78 is 5.43. The average molecular weight is 276 g/mol. The van der Waals surface area contributed by atoms with E-state index in [-0.39, 0.29) is 5.54 Å². The van der Waals surface area contributed by atoms with Crippen LogP contribution in [0.3, 0.4) is 0 Å². The Balaban J connectivity index is 2.15. The Labute approximate surface area is 123 Å². The third-order valence-electron chi connectivity index (χ3n) is 4.37. The van der Waals surface area contributed by atoms with Gasteiger partial charge in [-0.3, -0.25) is 4.90 Å². The molecule has 0 aromatic heterocycles. The first kappa shape index (κ1) is 15.5. The predicted octanol–water partition coefficient (Wildman–Crippen LogP) is 2.84. The van der Waals surface area contributed by atoms with E-state index in [1.165, 1.54) is 12.0 Å². The fraction of sp³-hybridized carbons (Fsp3) is 0.647. The largest absolute Gasteiger partial charge is 0.383 e. The van der Waals surface area contributed by atoms with Crippen molar-refractivity contribution in [1.29, 1.82) is 0 Å². The molecular formula is C17H28N2O. The highest BCUT2D eigenvalue weighted by Gasteiger charge is 2.36. The van der Waals surface area contributed by atoms with E-state index in [2.05, 4.69) is 61.3 Å². The number of nitrogens with one attached hydrogen (secondary N) is 1. The number of hydrogen-bond donors (Lipinski definition) is 1. The van der Waals surface area contributed by atoms with Crippen molar-refractivity contribution in [2.45, 2.75) is 44.8 Å². The van der Waals surface area contributed by atoms with E-state index in [0.29, 0.717) is 12.1 Å². The summed E-state index contributed by atoms with van der Waals surface area (Å²) in [6.45, 7) is 9.69. The lowest BCUT2D eigenvalue weighted by molar-refractivity contribution is -0.0182. The van der Waals surface area contributed by atoms with Crippen molar-refractivity contribution in [3.05, 3.63) is 35.9 Å². The molecule has 1 aromatic rings. The first-order valence-electron chi connectivity index (χ1n) is 7.62. The molecule has 1 fully saturated rings. The third kappa shape index (κ3) is 3.40. The minimum Gasteiger partial charge on any atom is -0.383 e. The van der Waals surface area contributed by atoms with E-state index >= 15 is 0 Å². The maximum Gasteiger partial charge on any atom is 0.0641 e. The summed E-state index contributed by atoms with van der Waals surface area (Å²) in [5, 5.41) is 3.70. The van der Waals surface area contributed by atoms with Crippen LogP contribution in [0.4, 0.5) is 0 Å². The van der Waals surface area contributed by atoms with Crippen LogP contribution in [-0.2, 0) is 4.74 Å². The molecule has 0 spiro atoms. The third-order valence-corrected chi connectivity index (χ3v) is 4.37. The normalized spacial score (nSPS) is 24.8. The van der Waals surface area contributed by atoms with Crippen LogP contribution in [-0.4, -0.2) is 43.3 Å². The Morgan fingerprint density at radius 1 is 1.30 bits per heavy atom. The second-order valence-corrected chi connectivity index (χ2v) is 6.33. The van der Waals surface area contributed by atoms with Crippen LogP contribution in [0.5, 0.6) is 0 Å². The molecule has 0 radical (unpaired) electrons. The monoisotopic (exact) mass is 276 g/mol. The maximum absolute atomic E-state index is 5.43. The number of piperazine rings is 1. The van der Waals surface area contributed by atoms with Crippen molar-refractivity contribution in [2.75, 3.05) is 26.8 Å². The molecule has 20 heavy (non-hydrogen) atoms. The lowest BCUT2D eigenvalue weighted by Crippen LogP contribution is -2.61. The van der Waals surface area contributed by atoms with Crippen molar-refractivity contribution in [3.8, 4) is 0 Å². The molecule has 3 heteroatoms. The van der Waals surface area contributed by atoms with Crippen molar-refractivity contribution in [2.24, 2.45) is 0 Å². The molecule has 0 saturated carbocycles. The first-order chi connectivity index (χ1) is 9.58. The zero-order chi connectivity index (χ0) is 14.6. The molecule has 2 atom stereocenters. The predicted molar refractivity (Wildman–Crippen MR) is 83.9 cm³/mol. The van der Waals surface area contributed by atoms with Gasteiger partial charge in [-0.05, 0) is 25.8 Å². The molecule has 2 unspecified atom stereocenters. The number of benzene rings is 1. The highest BCUT2D eigenvalue weighted by Crippen LogP contribution is 2.28. The van der Waals surface area contributed by atoms with Crippen molar-refractivity contribution in [3.63, 3.8) is 0 Å². The zero-order valence-electron chi connectivity index (χ0n) is 13.2. The standard InChI is InChI=1S/C17H28N2O/c1-5-15-11-18-16(14-9-7-6-8-10-14)12-19(15)17(2,3)13-20-4/h6-10,15-16,18H,5,11-13H2,1-4H3. The summed E-state index contributed by atoms with van der Waals surface area (Å²) in [5.41, 5.74) is 1.45. The van der Waals surface area contributed by atoms with Gasteiger partial charge in [0.05, 0.1) is 6.61 Å². The maximum atomic E-state index is 5.43. The topological polar surface area (TPSA) is 24.5 Å². The molecule has 1 N–H and O–H groups in total. The van der Waals surface area contributed by atoms with Gasteiger partial charge in [0.15, 0.2) is 0 Å². The Kier molecular flexibility index (Phi) is 5.19. The van der Waals surface area contributed by atoms with Gasteiger partial charge in [-0.2, -0.15) is 0 Å². The molecule has 112 valence electrons. The van der Waals surface area contributed by atoms with Crippen LogP contribution >= 0.6 is 0 Å². The molecule has 1 heterocycles. The van der Waals surface area contributed by atoms with Crippen LogP contribution in [0.2, 0.25) is 0 Å². The summed E-state index contributed by atoms with van der Waals surface area (Å²) in [4.78, 5) is 2.62. The number of methoxy groups -OCH3 is 1. The number of ether oxygens (including phenoxy) is 1. The van der Waals surface area contributed by atoms with Crippen LogP contribution in [0, 0.1) is 0 Å². The van der Waals surface area contributed by atoms with E-state index in [9.17, 15) is 0 Å². The van der Waals surface area contributed by atoms with Crippen LogP contribution in [0.15, 0.2) is 30.3 Å². The number of rotatable bonds is 5. The van der Waals surface area contributed by atoms with Gasteiger partial charge in [0.2, 0.25) is 0 Å². The molecule has 3 nitrogen and oxygen atoms in total. The molecule has 1 saturated heterocycles. The Morgan fingerprint density at radius 3 is 2.60 bits per heavy atom. The molecule has 2 rings (SSSR count). The smallest absolute Gasteiger partial charge is 0.0641 e. The van der Waals surface area contributed by atoms with E-state index in [4.69, 9.17) is 4.74 Å². The summed E-state index contributed by atoms with van der Waals surface area (Å²) in [7, 11) is 1.79. The van der Waals surface area contributed by atoms with Gasteiger partial charge in [0.1, 0.15) is 0 Å². The summed E-state index contributed by atoms with van der Waals surface area (Å²) >= 11 is 0. The lowest BCUT2D eigenvalue weighted by Gasteiger charge is -2.48. The Hall–Kier alpha value is -0.900. The second-order valence-electron chi connectivity index (χ2n) is 6.33. The highest BCUT2D eigenvalue weighted by atomic mass is 16.5. The highest BCUT2D eigenvalue weighted by molar-refractivity contribution is 5.20. The van der Waals surface area contributed by atoms with E-state index in [1.807, 2.05) is 0 Å². The zero-order valence-corrected chi connectivity index (χ0v) is 13.2. The Bertz CT molecular complexity index is 405. The van der Waals surface area contributed by atoms with E-state index in [0.717, 1.165) is 19.7 Å². The molecule has 0 amide bonds. The number of nitrogens with zero attached hydrogens (tertiary/aromatic N) is 1. The van der Waals surface area contributed by atoms with Gasteiger partial charge in [-0.25, -0.2) is 0 Å². The molecule has 1 aromatic carbocycles. The SMILES string of the molecule is CCC1CNC(c2ccccc2)CN1C(C)(C)COC. The molecule has 0 bridgehead atoms. The second kappa shape index (κ2) is 6.70. The first-order valence-corrected chi connectivity index (χ1v) is 7.62. The van der Waals surface area contributed by atoms with Crippen LogP contribution in [0.25, 0.3) is 0 Å². The molecule has 1 aliphatic rings. The van der Waals surface area contributed by atoms with E-state index < -0.39 is 0 Å². The summed E-state index contributed by atoms with van der Waals surface area (Å²) in [5.74, 6) is 0. The molecule has 1 aliphatic heterocycles. The molecular weight excluding hydrogens is 248 g/mol. The lowest BCUT2D eigenvalue weighted by atomic mass is 9.93. The minimum atomic E-state index is 0.0740. The van der Waals surface area contributed by atoms with Gasteiger partial charge in [-0.1, -0.05) is 37.3 Å². The quantitative estimate of drug-likeness (QED) is 0.895. The fourth-order valence-corrected chi connectivity index (χ4v) is 3.25. The van der Waals surface area contributed by atoms with Crippen molar-refractivity contribution < 1.29 is 4.74 Å². The number of hydrogen-bond acceptors (Lipinski definition) is 3. The minimum absolute atomic E-state index is 0.0740. The average Bonchev–Trinajstić information content (AvgIpc) is 2.47.